The van der Waals surface area contributed by atoms with Gasteiger partial charge in [0.25, 0.3) is 0 Å². The predicted octanol–water partition coefficient (Wildman–Crippen LogP) is 5.00. The van der Waals surface area contributed by atoms with Crippen LogP contribution in [0.2, 0.25) is 0 Å². The summed E-state index contributed by atoms with van der Waals surface area (Å²) in [6, 6.07) is 10.4. The van der Waals surface area contributed by atoms with Crippen LogP contribution in [-0.2, 0) is 6.42 Å². The van der Waals surface area contributed by atoms with Crippen LogP contribution in [0.1, 0.15) is 36.2 Å². The minimum Gasteiger partial charge on any atom is -0.294 e. The third kappa shape index (κ3) is 2.12. The molecule has 0 heterocycles. The van der Waals surface area contributed by atoms with E-state index in [1.807, 2.05) is 6.07 Å². The highest BCUT2D eigenvalue weighted by Gasteiger charge is 2.30. The standard InChI is InChI=1S/C17H17BrO/c1-10(2)14-8-6-12-4-3-11-5-7-13(18)9-15(11)16(12)17(14)19/h3-5,7,9-10,14H,6,8H2,1-2H3. The van der Waals surface area contributed by atoms with Gasteiger partial charge in [-0.2, -0.15) is 0 Å². The molecule has 0 aliphatic heterocycles. The van der Waals surface area contributed by atoms with E-state index in [-0.39, 0.29) is 5.92 Å². The van der Waals surface area contributed by atoms with Gasteiger partial charge in [-0.3, -0.25) is 4.79 Å². The van der Waals surface area contributed by atoms with Crippen molar-refractivity contribution in [3.05, 3.63) is 45.9 Å². The largest absolute Gasteiger partial charge is 0.294 e. The Labute approximate surface area is 122 Å². The molecule has 2 aromatic rings. The number of Topliss-reactive ketones (excluding diaryl/α,β-unsaturated/α-hetero) is 1. The number of halogens is 1. The van der Waals surface area contributed by atoms with E-state index in [0.717, 1.165) is 33.7 Å². The van der Waals surface area contributed by atoms with Gasteiger partial charge in [0.1, 0.15) is 0 Å². The summed E-state index contributed by atoms with van der Waals surface area (Å²) in [6.45, 7) is 4.29. The first-order valence-electron chi connectivity index (χ1n) is 6.83. The highest BCUT2D eigenvalue weighted by molar-refractivity contribution is 9.10. The number of fused-ring (bicyclic) bond motifs is 3. The lowest BCUT2D eigenvalue weighted by Gasteiger charge is -2.27. The van der Waals surface area contributed by atoms with Crippen molar-refractivity contribution < 1.29 is 4.79 Å². The Morgan fingerprint density at radius 1 is 1.21 bits per heavy atom. The van der Waals surface area contributed by atoms with Crippen LogP contribution in [0.5, 0.6) is 0 Å². The van der Waals surface area contributed by atoms with Gasteiger partial charge in [-0.1, -0.05) is 48.0 Å². The zero-order chi connectivity index (χ0) is 13.6. The van der Waals surface area contributed by atoms with Crippen LogP contribution in [-0.4, -0.2) is 5.78 Å². The van der Waals surface area contributed by atoms with Crippen molar-refractivity contribution in [2.75, 3.05) is 0 Å². The second-order valence-corrected chi connectivity index (χ2v) is 6.63. The van der Waals surface area contributed by atoms with Gasteiger partial charge >= 0.3 is 0 Å². The van der Waals surface area contributed by atoms with Crippen molar-refractivity contribution in [1.82, 2.24) is 0 Å². The summed E-state index contributed by atoms with van der Waals surface area (Å²) < 4.78 is 1.04. The Kier molecular flexibility index (Phi) is 3.22. The molecule has 1 unspecified atom stereocenters. The topological polar surface area (TPSA) is 17.1 Å². The van der Waals surface area contributed by atoms with Crippen LogP contribution in [0.15, 0.2) is 34.8 Å². The molecule has 1 aliphatic carbocycles. The lowest BCUT2D eigenvalue weighted by Crippen LogP contribution is -2.26. The summed E-state index contributed by atoms with van der Waals surface area (Å²) in [6.07, 6.45) is 2.01. The molecule has 2 heteroatoms. The van der Waals surface area contributed by atoms with Crippen molar-refractivity contribution in [1.29, 1.82) is 0 Å². The van der Waals surface area contributed by atoms with Crippen LogP contribution in [0.4, 0.5) is 0 Å². The zero-order valence-corrected chi connectivity index (χ0v) is 12.8. The van der Waals surface area contributed by atoms with Crippen molar-refractivity contribution in [2.24, 2.45) is 11.8 Å². The highest BCUT2D eigenvalue weighted by atomic mass is 79.9. The van der Waals surface area contributed by atoms with Crippen molar-refractivity contribution in [3.8, 4) is 0 Å². The number of aryl methyl sites for hydroxylation is 1. The Bertz CT molecular complexity index is 658. The van der Waals surface area contributed by atoms with Gasteiger partial charge in [0.05, 0.1) is 0 Å². The molecule has 0 fully saturated rings. The summed E-state index contributed by atoms with van der Waals surface area (Å²) in [5, 5.41) is 2.25. The monoisotopic (exact) mass is 316 g/mol. The van der Waals surface area contributed by atoms with E-state index >= 15 is 0 Å². The molecule has 0 bridgehead atoms. The maximum Gasteiger partial charge on any atom is 0.167 e. The molecule has 19 heavy (non-hydrogen) atoms. The van der Waals surface area contributed by atoms with Gasteiger partial charge in [0.2, 0.25) is 0 Å². The van der Waals surface area contributed by atoms with Gasteiger partial charge in [0.15, 0.2) is 5.78 Å². The molecule has 1 nitrogen and oxygen atoms in total. The van der Waals surface area contributed by atoms with Crippen molar-refractivity contribution in [2.45, 2.75) is 26.7 Å². The first-order valence-corrected chi connectivity index (χ1v) is 7.62. The average molecular weight is 317 g/mol. The Morgan fingerprint density at radius 2 is 1.95 bits per heavy atom. The summed E-state index contributed by atoms with van der Waals surface area (Å²) >= 11 is 3.51. The van der Waals surface area contributed by atoms with Crippen LogP contribution in [0, 0.1) is 11.8 Å². The smallest absolute Gasteiger partial charge is 0.167 e. The fourth-order valence-electron chi connectivity index (χ4n) is 3.10. The van der Waals surface area contributed by atoms with Crippen LogP contribution in [0.25, 0.3) is 10.8 Å². The number of carbonyl (C=O) groups is 1. The number of rotatable bonds is 1. The van der Waals surface area contributed by atoms with Crippen LogP contribution >= 0.6 is 15.9 Å². The minimum absolute atomic E-state index is 0.178. The molecule has 0 radical (unpaired) electrons. The summed E-state index contributed by atoms with van der Waals surface area (Å²) in [5.41, 5.74) is 2.18. The number of hydrogen-bond donors (Lipinski definition) is 0. The van der Waals surface area contributed by atoms with E-state index in [9.17, 15) is 4.79 Å². The van der Waals surface area contributed by atoms with Crippen molar-refractivity contribution >= 4 is 32.5 Å². The maximum atomic E-state index is 12.8. The second kappa shape index (κ2) is 4.75. The van der Waals surface area contributed by atoms with Gasteiger partial charge in [-0.15, -0.1) is 0 Å². The fourth-order valence-corrected chi connectivity index (χ4v) is 3.46. The molecule has 1 atom stereocenters. The van der Waals surface area contributed by atoms with Crippen LogP contribution < -0.4 is 0 Å². The Hall–Kier alpha value is -1.15. The lowest BCUT2D eigenvalue weighted by molar-refractivity contribution is 0.0866. The molecular formula is C17H17BrO. The molecule has 0 N–H and O–H groups in total. The molecule has 98 valence electrons. The van der Waals surface area contributed by atoms with E-state index in [1.165, 1.54) is 5.56 Å². The Balaban J connectivity index is 2.25. The third-order valence-corrected chi connectivity index (χ3v) is 4.68. The first kappa shape index (κ1) is 12.9. The molecule has 0 aromatic heterocycles. The van der Waals surface area contributed by atoms with E-state index in [1.54, 1.807) is 0 Å². The van der Waals surface area contributed by atoms with Gasteiger partial charge in [0, 0.05) is 16.0 Å². The van der Waals surface area contributed by atoms with E-state index in [4.69, 9.17) is 0 Å². The molecular weight excluding hydrogens is 300 g/mol. The first-order chi connectivity index (χ1) is 9.08. The minimum atomic E-state index is 0.178. The maximum absolute atomic E-state index is 12.8. The summed E-state index contributed by atoms with van der Waals surface area (Å²) in [4.78, 5) is 12.8. The zero-order valence-electron chi connectivity index (χ0n) is 11.2. The van der Waals surface area contributed by atoms with Crippen LogP contribution in [0.3, 0.4) is 0 Å². The molecule has 0 saturated carbocycles. The summed E-state index contributed by atoms with van der Waals surface area (Å²) in [7, 11) is 0. The van der Waals surface area contributed by atoms with E-state index < -0.39 is 0 Å². The lowest BCUT2D eigenvalue weighted by atomic mass is 9.76. The SMILES string of the molecule is CC(C)C1CCc2ccc3ccc(Br)cc3c2C1=O. The van der Waals surface area contributed by atoms with Gasteiger partial charge in [-0.05, 0) is 47.2 Å². The van der Waals surface area contributed by atoms with E-state index in [0.29, 0.717) is 11.7 Å². The molecule has 1 aliphatic rings. The molecule has 0 amide bonds. The number of carbonyl (C=O) groups excluding carboxylic acids is 1. The number of benzene rings is 2. The van der Waals surface area contributed by atoms with Gasteiger partial charge < -0.3 is 0 Å². The molecule has 2 aromatic carbocycles. The average Bonchev–Trinajstić information content (AvgIpc) is 2.37. The quantitative estimate of drug-likeness (QED) is 0.723. The molecule has 0 spiro atoms. The highest BCUT2D eigenvalue weighted by Crippen LogP contribution is 2.35. The van der Waals surface area contributed by atoms with Gasteiger partial charge in [-0.25, -0.2) is 0 Å². The normalized spacial score (nSPS) is 18.9. The Morgan fingerprint density at radius 3 is 2.68 bits per heavy atom. The summed E-state index contributed by atoms with van der Waals surface area (Å²) in [5.74, 6) is 0.931. The number of ketones is 1. The second-order valence-electron chi connectivity index (χ2n) is 5.72. The fraction of sp³-hybridized carbons (Fsp3) is 0.353. The third-order valence-electron chi connectivity index (χ3n) is 4.18. The number of hydrogen-bond acceptors (Lipinski definition) is 1. The van der Waals surface area contributed by atoms with Crippen molar-refractivity contribution in [3.63, 3.8) is 0 Å². The molecule has 0 saturated heterocycles. The van der Waals surface area contributed by atoms with E-state index in [2.05, 4.69) is 54.0 Å². The molecule has 3 rings (SSSR count). The predicted molar refractivity (Wildman–Crippen MR) is 82.6 cm³/mol.